The minimum Gasteiger partial charge on any atom is -0.328 e. The highest BCUT2D eigenvalue weighted by Crippen LogP contribution is 2.11. The lowest BCUT2D eigenvalue weighted by Gasteiger charge is -2.35. The normalized spacial score (nSPS) is 10.1. The maximum Gasteiger partial charge on any atom is 0.324 e. The first-order chi connectivity index (χ1) is 7.97. The molecule has 3 N–H and O–H groups in total. The van der Waals surface area contributed by atoms with Gasteiger partial charge in [0.2, 0.25) is 0 Å². The Kier molecular flexibility index (Phi) is 12.8. The Morgan fingerprint density at radius 3 is 1.00 bits per heavy atom. The minimum atomic E-state index is -2.62. The molecule has 0 amide bonds. The molecule has 0 aromatic heterocycles. The maximum absolute atomic E-state index is 7.23. The molecule has 0 spiro atoms. The predicted octanol–water partition coefficient (Wildman–Crippen LogP) is 1.74. The monoisotopic (exact) mass is 260 g/mol. The van der Waals surface area contributed by atoms with Gasteiger partial charge in [0.05, 0.1) is 26.2 Å². The highest BCUT2D eigenvalue weighted by Gasteiger charge is 2.20. The third-order valence-corrected chi connectivity index (χ3v) is 2.07. The standard InChI is InChI=1S/C12H20N.H3O3P/c1-5-9-13(10-6-2,11-7-3)12-8-4;1-4(2)3/h5-8H,1-4,9-12H2;1-3H/q+1;. The van der Waals surface area contributed by atoms with Crippen LogP contribution in [0, 0.1) is 0 Å². The van der Waals surface area contributed by atoms with Crippen molar-refractivity contribution in [2.24, 2.45) is 0 Å². The van der Waals surface area contributed by atoms with E-state index in [-0.39, 0.29) is 0 Å². The van der Waals surface area contributed by atoms with Gasteiger partial charge >= 0.3 is 8.60 Å². The van der Waals surface area contributed by atoms with Gasteiger partial charge in [-0.1, -0.05) is 26.3 Å². The van der Waals surface area contributed by atoms with Gasteiger partial charge in [0.25, 0.3) is 0 Å². The average molecular weight is 260 g/mol. The van der Waals surface area contributed by atoms with Crippen LogP contribution in [0.4, 0.5) is 0 Å². The lowest BCUT2D eigenvalue weighted by atomic mass is 10.3. The highest BCUT2D eigenvalue weighted by atomic mass is 31.2. The summed E-state index contributed by atoms with van der Waals surface area (Å²) in [5, 5.41) is 0. The Morgan fingerprint density at radius 1 is 0.706 bits per heavy atom. The van der Waals surface area contributed by atoms with Crippen LogP contribution < -0.4 is 0 Å². The fraction of sp³-hybridized carbons (Fsp3) is 0.333. The van der Waals surface area contributed by atoms with E-state index in [9.17, 15) is 0 Å². The third kappa shape index (κ3) is 11.5. The van der Waals surface area contributed by atoms with Gasteiger partial charge in [-0.3, -0.25) is 0 Å². The second kappa shape index (κ2) is 11.7. The van der Waals surface area contributed by atoms with Crippen LogP contribution in [-0.2, 0) is 0 Å². The van der Waals surface area contributed by atoms with Gasteiger partial charge in [0.1, 0.15) is 0 Å². The smallest absolute Gasteiger partial charge is 0.324 e. The molecule has 0 fully saturated rings. The molecule has 98 valence electrons. The van der Waals surface area contributed by atoms with Crippen molar-refractivity contribution in [2.45, 2.75) is 0 Å². The molecule has 0 aliphatic rings. The number of rotatable bonds is 8. The van der Waals surface area contributed by atoms with E-state index in [1.807, 2.05) is 24.3 Å². The SMILES string of the molecule is C=CC[N+](CC=C)(CC=C)CC=C.OP(O)O. The molecular formula is C12H23NO3P+. The minimum absolute atomic E-state index is 0.903. The topological polar surface area (TPSA) is 60.7 Å². The first kappa shape index (κ1) is 18.6. The fourth-order valence-corrected chi connectivity index (χ4v) is 1.54. The second-order valence-corrected chi connectivity index (χ2v) is 4.03. The van der Waals surface area contributed by atoms with Crippen LogP contribution in [0.2, 0.25) is 0 Å². The van der Waals surface area contributed by atoms with Gasteiger partial charge in [0.15, 0.2) is 0 Å². The van der Waals surface area contributed by atoms with E-state index in [1.165, 1.54) is 0 Å². The average Bonchev–Trinajstić information content (AvgIpc) is 2.18. The molecule has 0 rings (SSSR count). The molecule has 0 radical (unpaired) electrons. The van der Waals surface area contributed by atoms with E-state index in [1.54, 1.807) is 0 Å². The molecule has 0 aliphatic carbocycles. The molecule has 0 bridgehead atoms. The molecule has 0 aliphatic heterocycles. The Labute approximate surface area is 105 Å². The van der Waals surface area contributed by atoms with E-state index >= 15 is 0 Å². The molecular weight excluding hydrogens is 237 g/mol. The van der Waals surface area contributed by atoms with Crippen LogP contribution >= 0.6 is 8.60 Å². The summed E-state index contributed by atoms with van der Waals surface area (Å²) in [5.74, 6) is 0. The first-order valence-electron chi connectivity index (χ1n) is 5.13. The van der Waals surface area contributed by atoms with Gasteiger partial charge in [-0.25, -0.2) is 0 Å². The number of quaternary nitrogens is 1. The third-order valence-electron chi connectivity index (χ3n) is 2.07. The van der Waals surface area contributed by atoms with Crippen LogP contribution in [-0.4, -0.2) is 45.3 Å². The van der Waals surface area contributed by atoms with Gasteiger partial charge in [0, 0.05) is 0 Å². The van der Waals surface area contributed by atoms with E-state index in [2.05, 4.69) is 26.3 Å². The molecule has 17 heavy (non-hydrogen) atoms. The van der Waals surface area contributed by atoms with Crippen molar-refractivity contribution in [2.75, 3.05) is 26.2 Å². The van der Waals surface area contributed by atoms with E-state index in [0.717, 1.165) is 30.7 Å². The zero-order valence-corrected chi connectivity index (χ0v) is 11.1. The molecule has 4 nitrogen and oxygen atoms in total. The summed E-state index contributed by atoms with van der Waals surface area (Å²) >= 11 is 0. The highest BCUT2D eigenvalue weighted by molar-refractivity contribution is 7.38. The van der Waals surface area contributed by atoms with Gasteiger partial charge < -0.3 is 19.2 Å². The van der Waals surface area contributed by atoms with Crippen molar-refractivity contribution < 1.29 is 19.2 Å². The summed E-state index contributed by atoms with van der Waals surface area (Å²) in [6, 6.07) is 0. The van der Waals surface area contributed by atoms with Crippen molar-refractivity contribution in [3.8, 4) is 0 Å². The van der Waals surface area contributed by atoms with Crippen molar-refractivity contribution in [3.63, 3.8) is 0 Å². The lowest BCUT2D eigenvalue weighted by molar-refractivity contribution is -0.906. The zero-order chi connectivity index (χ0) is 13.7. The second-order valence-electron chi connectivity index (χ2n) is 3.49. The maximum atomic E-state index is 7.23. The Balaban J connectivity index is 0. The summed E-state index contributed by atoms with van der Waals surface area (Å²) in [5.41, 5.74) is 0. The van der Waals surface area contributed by atoms with Gasteiger partial charge in [-0.15, -0.1) is 0 Å². The van der Waals surface area contributed by atoms with E-state index < -0.39 is 8.60 Å². The van der Waals surface area contributed by atoms with Gasteiger partial charge in [-0.05, 0) is 24.3 Å². The molecule has 0 aromatic carbocycles. The predicted molar refractivity (Wildman–Crippen MR) is 74.1 cm³/mol. The summed E-state index contributed by atoms with van der Waals surface area (Å²) in [6.45, 7) is 18.8. The first-order valence-corrected chi connectivity index (χ1v) is 6.33. The molecule has 0 aromatic rings. The van der Waals surface area contributed by atoms with Crippen molar-refractivity contribution >= 4 is 8.60 Å². The zero-order valence-electron chi connectivity index (χ0n) is 10.2. The van der Waals surface area contributed by atoms with Crippen molar-refractivity contribution in [1.82, 2.24) is 0 Å². The van der Waals surface area contributed by atoms with Crippen LogP contribution in [0.15, 0.2) is 50.6 Å². The van der Waals surface area contributed by atoms with Crippen molar-refractivity contribution in [3.05, 3.63) is 50.6 Å². The van der Waals surface area contributed by atoms with Crippen LogP contribution in [0.3, 0.4) is 0 Å². The van der Waals surface area contributed by atoms with Crippen LogP contribution in [0.25, 0.3) is 0 Å². The Bertz CT molecular complexity index is 194. The molecule has 5 heteroatoms. The number of hydrogen-bond donors (Lipinski definition) is 3. The molecule has 0 saturated carbocycles. The van der Waals surface area contributed by atoms with E-state index in [4.69, 9.17) is 14.7 Å². The number of hydrogen-bond acceptors (Lipinski definition) is 3. The quantitative estimate of drug-likeness (QED) is 0.354. The number of nitrogens with zero attached hydrogens (tertiary/aromatic N) is 1. The van der Waals surface area contributed by atoms with Gasteiger partial charge in [-0.2, -0.15) is 0 Å². The summed E-state index contributed by atoms with van der Waals surface area (Å²) in [7, 11) is -2.62. The lowest BCUT2D eigenvalue weighted by Crippen LogP contribution is -2.48. The summed E-state index contributed by atoms with van der Waals surface area (Å²) < 4.78 is 0.903. The molecule has 0 unspecified atom stereocenters. The Morgan fingerprint density at radius 2 is 0.882 bits per heavy atom. The molecule has 0 atom stereocenters. The summed E-state index contributed by atoms with van der Waals surface area (Å²) in [4.78, 5) is 21.7. The Hall–Kier alpha value is -0.770. The largest absolute Gasteiger partial charge is 0.328 e. The van der Waals surface area contributed by atoms with E-state index in [0.29, 0.717) is 0 Å². The molecule has 0 saturated heterocycles. The summed E-state index contributed by atoms with van der Waals surface area (Å²) in [6.07, 6.45) is 7.76. The van der Waals surface area contributed by atoms with Crippen LogP contribution in [0.5, 0.6) is 0 Å². The molecule has 0 heterocycles. The van der Waals surface area contributed by atoms with Crippen molar-refractivity contribution in [1.29, 1.82) is 0 Å². The van der Waals surface area contributed by atoms with Crippen LogP contribution in [0.1, 0.15) is 0 Å². The fourth-order valence-electron chi connectivity index (χ4n) is 1.54.